The van der Waals surface area contributed by atoms with Gasteiger partial charge < -0.3 is 58.3 Å². The van der Waals surface area contributed by atoms with Gasteiger partial charge in [-0.05, 0) is 38.8 Å². The Balaban J connectivity index is 1.30. The molecule has 12 nitrogen and oxygen atoms in total. The second-order valence-electron chi connectivity index (χ2n) is 11.2. The summed E-state index contributed by atoms with van der Waals surface area (Å²) in [5, 5.41) is 42.0. The van der Waals surface area contributed by atoms with Crippen LogP contribution in [0.5, 0.6) is 0 Å². The molecule has 4 aliphatic heterocycles. The molecule has 0 bridgehead atoms. The van der Waals surface area contributed by atoms with Crippen LogP contribution in [-0.2, 0) is 51.1 Å². The topological polar surface area (TPSA) is 155 Å². The first kappa shape index (κ1) is 28.3. The predicted octanol–water partition coefficient (Wildman–Crippen LogP) is -0.0806. The zero-order chi connectivity index (χ0) is 27.3. The highest BCUT2D eigenvalue weighted by atomic mass is 16.9. The summed E-state index contributed by atoms with van der Waals surface area (Å²) in [5.74, 6) is -4.63. The van der Waals surface area contributed by atoms with E-state index in [1.54, 1.807) is 27.7 Å². The fraction of sp³-hybridized carbons (Fsp3) is 0.769. The summed E-state index contributed by atoms with van der Waals surface area (Å²) in [5.41, 5.74) is 1.47. The van der Waals surface area contributed by atoms with Crippen LogP contribution < -0.4 is 0 Å². The number of ether oxygens (including phenoxy) is 8. The minimum absolute atomic E-state index is 0.0294. The molecule has 1 aromatic carbocycles. The second kappa shape index (κ2) is 10.3. The van der Waals surface area contributed by atoms with Crippen molar-refractivity contribution in [1.29, 1.82) is 0 Å². The quantitative estimate of drug-likeness (QED) is 0.380. The van der Waals surface area contributed by atoms with Crippen LogP contribution in [0.3, 0.4) is 0 Å². The molecule has 8 atom stereocenters. The molecule has 4 fully saturated rings. The van der Waals surface area contributed by atoms with Crippen LogP contribution in [0.15, 0.2) is 24.3 Å². The van der Waals surface area contributed by atoms with Crippen molar-refractivity contribution in [3.8, 4) is 0 Å². The van der Waals surface area contributed by atoms with Crippen LogP contribution in [0, 0.1) is 0 Å². The van der Waals surface area contributed by atoms with Crippen LogP contribution in [0.2, 0.25) is 0 Å². The van der Waals surface area contributed by atoms with E-state index in [-0.39, 0.29) is 39.6 Å². The van der Waals surface area contributed by atoms with Crippen LogP contribution in [0.1, 0.15) is 38.8 Å². The Labute approximate surface area is 221 Å². The van der Waals surface area contributed by atoms with Gasteiger partial charge in [0.25, 0.3) is 0 Å². The van der Waals surface area contributed by atoms with Gasteiger partial charge in [-0.25, -0.2) is 0 Å². The SMILES string of the molecule is CC1(C)OC[C@]2(OC[C@@H](O)[C@@H](O)[C@@H]2OCc2ccccc2CO[C@H]2[C@H](O)[C@H](O)CO[C@]23COC(C)(C)O3)O1. The van der Waals surface area contributed by atoms with Gasteiger partial charge in [-0.1, -0.05) is 24.3 Å². The van der Waals surface area contributed by atoms with Gasteiger partial charge in [0.05, 0.1) is 26.4 Å². The average molecular weight is 543 g/mol. The Morgan fingerprint density at radius 1 is 0.684 bits per heavy atom. The van der Waals surface area contributed by atoms with E-state index in [1.807, 2.05) is 24.3 Å². The monoisotopic (exact) mass is 542 g/mol. The molecule has 0 radical (unpaired) electrons. The van der Waals surface area contributed by atoms with Gasteiger partial charge in [-0.3, -0.25) is 0 Å². The highest BCUT2D eigenvalue weighted by Crippen LogP contribution is 2.42. The maximum Gasteiger partial charge on any atom is 0.224 e. The van der Waals surface area contributed by atoms with Crippen molar-refractivity contribution in [3.05, 3.63) is 35.4 Å². The number of aliphatic hydroxyl groups is 4. The molecule has 0 aromatic heterocycles. The maximum atomic E-state index is 10.8. The number of hydrogen-bond acceptors (Lipinski definition) is 12. The first-order valence-electron chi connectivity index (χ1n) is 12.8. The molecule has 5 rings (SSSR count). The van der Waals surface area contributed by atoms with Crippen molar-refractivity contribution in [2.75, 3.05) is 26.4 Å². The maximum absolute atomic E-state index is 10.8. The molecule has 12 heteroatoms. The zero-order valence-electron chi connectivity index (χ0n) is 22.1. The number of aliphatic hydroxyl groups excluding tert-OH is 4. The molecule has 4 aliphatic rings. The van der Waals surface area contributed by atoms with Gasteiger partial charge in [-0.2, -0.15) is 0 Å². The molecule has 0 amide bonds. The van der Waals surface area contributed by atoms with Gasteiger partial charge in [0.2, 0.25) is 11.6 Å². The summed E-state index contributed by atoms with van der Waals surface area (Å²) in [6.07, 6.45) is -6.87. The molecule has 0 unspecified atom stereocenters. The molecular formula is C26H38O12. The lowest BCUT2D eigenvalue weighted by atomic mass is 9.96. The van der Waals surface area contributed by atoms with Crippen LogP contribution in [0.4, 0.5) is 0 Å². The standard InChI is InChI=1S/C26H38O12/c1-23(2)35-13-25(37-23)21(19(29)17(27)11-33-25)31-9-15-7-5-6-8-16(15)10-32-22-20(30)18(28)12-34-26(22)14-36-24(3,4)38-26/h5-8,17-22,27-30H,9-14H2,1-4H3/t17-,18-,19-,20-,21+,22+,25+,26+/m1/s1. The van der Waals surface area contributed by atoms with Gasteiger partial charge in [-0.15, -0.1) is 0 Å². The molecule has 4 N–H and O–H groups in total. The fourth-order valence-electron chi connectivity index (χ4n) is 5.31. The summed E-state index contributed by atoms with van der Waals surface area (Å²) in [4.78, 5) is 0. The van der Waals surface area contributed by atoms with Crippen molar-refractivity contribution >= 4 is 0 Å². The van der Waals surface area contributed by atoms with E-state index >= 15 is 0 Å². The van der Waals surface area contributed by atoms with Crippen molar-refractivity contribution in [3.63, 3.8) is 0 Å². The molecular weight excluding hydrogens is 504 g/mol. The second-order valence-corrected chi connectivity index (χ2v) is 11.2. The molecule has 4 saturated heterocycles. The average Bonchev–Trinajstić information content (AvgIpc) is 3.35. The summed E-state index contributed by atoms with van der Waals surface area (Å²) in [6, 6.07) is 7.34. The van der Waals surface area contributed by atoms with Gasteiger partial charge in [0.15, 0.2) is 11.6 Å². The van der Waals surface area contributed by atoms with E-state index in [4.69, 9.17) is 37.9 Å². The molecule has 4 heterocycles. The molecule has 1 aromatic rings. The molecule has 214 valence electrons. The van der Waals surface area contributed by atoms with E-state index in [2.05, 4.69) is 0 Å². The van der Waals surface area contributed by atoms with Crippen molar-refractivity contribution in [2.45, 2.75) is 101 Å². The first-order valence-corrected chi connectivity index (χ1v) is 12.8. The molecule has 0 saturated carbocycles. The Morgan fingerprint density at radius 2 is 1.08 bits per heavy atom. The molecule has 38 heavy (non-hydrogen) atoms. The Morgan fingerprint density at radius 3 is 1.42 bits per heavy atom. The third-order valence-corrected chi connectivity index (χ3v) is 7.31. The Kier molecular flexibility index (Phi) is 7.66. The highest BCUT2D eigenvalue weighted by Gasteiger charge is 2.60. The van der Waals surface area contributed by atoms with E-state index in [9.17, 15) is 20.4 Å². The fourth-order valence-corrected chi connectivity index (χ4v) is 5.31. The van der Waals surface area contributed by atoms with E-state index in [0.29, 0.717) is 0 Å². The summed E-state index contributed by atoms with van der Waals surface area (Å²) in [6.45, 7) is 6.83. The van der Waals surface area contributed by atoms with Crippen LogP contribution in [-0.4, -0.2) is 107 Å². The Bertz CT molecular complexity index is 910. The van der Waals surface area contributed by atoms with Gasteiger partial charge in [0, 0.05) is 0 Å². The first-order chi connectivity index (χ1) is 17.9. The summed E-state index contributed by atoms with van der Waals surface area (Å²) in [7, 11) is 0. The summed E-state index contributed by atoms with van der Waals surface area (Å²) < 4.78 is 47.2. The smallest absolute Gasteiger partial charge is 0.224 e. The number of rotatable bonds is 6. The third kappa shape index (κ3) is 5.38. The van der Waals surface area contributed by atoms with Crippen molar-refractivity contribution < 1.29 is 58.3 Å². The van der Waals surface area contributed by atoms with Gasteiger partial charge in [0.1, 0.15) is 49.8 Å². The number of benzene rings is 1. The lowest BCUT2D eigenvalue weighted by Gasteiger charge is -2.44. The molecule has 0 aliphatic carbocycles. The molecule has 2 spiro atoms. The van der Waals surface area contributed by atoms with Crippen LogP contribution >= 0.6 is 0 Å². The highest BCUT2D eigenvalue weighted by molar-refractivity contribution is 5.26. The lowest BCUT2D eigenvalue weighted by molar-refractivity contribution is -0.348. The Hall–Kier alpha value is -1.26. The zero-order valence-corrected chi connectivity index (χ0v) is 22.1. The number of hydrogen-bond donors (Lipinski definition) is 4. The van der Waals surface area contributed by atoms with E-state index < -0.39 is 59.8 Å². The normalized spacial score (nSPS) is 42.2. The largest absolute Gasteiger partial charge is 0.388 e. The van der Waals surface area contributed by atoms with Crippen molar-refractivity contribution in [2.24, 2.45) is 0 Å². The third-order valence-electron chi connectivity index (χ3n) is 7.31. The van der Waals surface area contributed by atoms with Gasteiger partial charge >= 0.3 is 0 Å². The summed E-state index contributed by atoms with van der Waals surface area (Å²) >= 11 is 0. The minimum atomic E-state index is -1.37. The van der Waals surface area contributed by atoms with Crippen LogP contribution in [0.25, 0.3) is 0 Å². The minimum Gasteiger partial charge on any atom is -0.388 e. The van der Waals surface area contributed by atoms with Crippen molar-refractivity contribution in [1.82, 2.24) is 0 Å². The van der Waals surface area contributed by atoms with E-state index in [0.717, 1.165) is 11.1 Å². The predicted molar refractivity (Wildman–Crippen MR) is 127 cm³/mol. The lowest BCUT2D eigenvalue weighted by Crippen LogP contribution is -2.63. The van der Waals surface area contributed by atoms with E-state index in [1.165, 1.54) is 0 Å².